The number of rotatable bonds is 8. The highest BCUT2D eigenvalue weighted by Gasteiger charge is 2.12. The van der Waals surface area contributed by atoms with Gasteiger partial charge in [-0.2, -0.15) is 0 Å². The molecule has 1 N–H and O–H groups in total. The molecule has 0 saturated heterocycles. The van der Waals surface area contributed by atoms with E-state index in [9.17, 15) is 14.9 Å². The van der Waals surface area contributed by atoms with Crippen LogP contribution in [0.2, 0.25) is 0 Å². The number of hydrogen-bond donors (Lipinski definition) is 1. The molecule has 0 atom stereocenters. The molecule has 0 fully saturated rings. The van der Waals surface area contributed by atoms with Gasteiger partial charge in [0.25, 0.3) is 5.69 Å². The Balaban J connectivity index is 2.12. The van der Waals surface area contributed by atoms with E-state index >= 15 is 0 Å². The molecule has 8 heteroatoms. The minimum atomic E-state index is -0.518. The summed E-state index contributed by atoms with van der Waals surface area (Å²) in [6.07, 6.45) is 2.79. The van der Waals surface area contributed by atoms with Gasteiger partial charge in [0.2, 0.25) is 5.75 Å². The number of allylic oxidation sites excluding steroid dienone is 1. The summed E-state index contributed by atoms with van der Waals surface area (Å²) < 4.78 is 15.8. The molecule has 0 aromatic heterocycles. The number of carbonyl (C=O) groups excluding carboxylic acids is 1. The van der Waals surface area contributed by atoms with Crippen LogP contribution in [-0.2, 0) is 0 Å². The molecule has 0 aliphatic rings. The summed E-state index contributed by atoms with van der Waals surface area (Å²) in [5, 5.41) is 13.6. The van der Waals surface area contributed by atoms with Crippen LogP contribution in [0.3, 0.4) is 0 Å². The zero-order chi connectivity index (χ0) is 19.1. The molecule has 0 bridgehead atoms. The lowest BCUT2D eigenvalue weighted by Crippen LogP contribution is -1.99. The largest absolute Gasteiger partial charge is 0.493 e. The number of benzene rings is 2. The fourth-order valence-electron chi connectivity index (χ4n) is 2.22. The molecular formula is C18H18N2O6. The van der Waals surface area contributed by atoms with Crippen LogP contribution in [0.1, 0.15) is 10.4 Å². The van der Waals surface area contributed by atoms with E-state index in [-0.39, 0.29) is 11.5 Å². The van der Waals surface area contributed by atoms with Crippen molar-refractivity contribution in [2.24, 2.45) is 0 Å². The number of ether oxygens (including phenoxy) is 3. The van der Waals surface area contributed by atoms with Gasteiger partial charge in [-0.3, -0.25) is 14.9 Å². The first-order valence-corrected chi connectivity index (χ1v) is 7.52. The van der Waals surface area contributed by atoms with Crippen LogP contribution in [0, 0.1) is 10.1 Å². The third-order valence-corrected chi connectivity index (χ3v) is 3.51. The second kappa shape index (κ2) is 8.52. The van der Waals surface area contributed by atoms with Gasteiger partial charge in [-0.25, -0.2) is 0 Å². The molecule has 0 unspecified atom stereocenters. The molecule has 0 amide bonds. The van der Waals surface area contributed by atoms with Crippen LogP contribution in [0.25, 0.3) is 0 Å². The maximum Gasteiger partial charge on any atom is 0.269 e. The minimum absolute atomic E-state index is 0.0684. The monoisotopic (exact) mass is 358 g/mol. The van der Waals surface area contributed by atoms with Gasteiger partial charge in [0.05, 0.1) is 26.3 Å². The Morgan fingerprint density at radius 2 is 1.62 bits per heavy atom. The quantitative estimate of drug-likeness (QED) is 0.334. The number of hydrogen-bond acceptors (Lipinski definition) is 7. The summed E-state index contributed by atoms with van der Waals surface area (Å²) in [6, 6.07) is 8.78. The maximum absolute atomic E-state index is 12.1. The van der Waals surface area contributed by atoms with Gasteiger partial charge < -0.3 is 19.5 Å². The Labute approximate surface area is 150 Å². The number of nitro benzene ring substituents is 1. The van der Waals surface area contributed by atoms with Crippen molar-refractivity contribution in [3.05, 3.63) is 64.4 Å². The molecule has 136 valence electrons. The molecule has 0 aliphatic carbocycles. The molecule has 0 heterocycles. The molecule has 2 rings (SSSR count). The van der Waals surface area contributed by atoms with Crippen molar-refractivity contribution in [1.29, 1.82) is 0 Å². The molecule has 0 aliphatic heterocycles. The molecule has 0 radical (unpaired) electrons. The summed E-state index contributed by atoms with van der Waals surface area (Å²) in [5.41, 5.74) is 0.909. The summed E-state index contributed by atoms with van der Waals surface area (Å²) >= 11 is 0. The third-order valence-electron chi connectivity index (χ3n) is 3.51. The van der Waals surface area contributed by atoms with E-state index in [0.29, 0.717) is 28.5 Å². The lowest BCUT2D eigenvalue weighted by Gasteiger charge is -2.13. The Morgan fingerprint density at radius 1 is 1.04 bits per heavy atom. The van der Waals surface area contributed by atoms with Gasteiger partial charge in [-0.1, -0.05) is 0 Å². The SMILES string of the molecule is COc1cc(NC=CC(=O)c2ccc([N+](=O)[O-])cc2)cc(OC)c1OC. The number of nitrogens with zero attached hydrogens (tertiary/aromatic N) is 1. The van der Waals surface area contributed by atoms with E-state index in [2.05, 4.69) is 5.32 Å². The number of nitro groups is 1. The first kappa shape index (κ1) is 18.8. The Kier molecular flexibility index (Phi) is 6.15. The van der Waals surface area contributed by atoms with Gasteiger partial charge in [0.15, 0.2) is 17.3 Å². The van der Waals surface area contributed by atoms with Crippen LogP contribution in [-0.4, -0.2) is 32.0 Å². The third kappa shape index (κ3) is 4.29. The van der Waals surface area contributed by atoms with Crippen LogP contribution in [0.15, 0.2) is 48.7 Å². The van der Waals surface area contributed by atoms with Crippen molar-refractivity contribution in [2.45, 2.75) is 0 Å². The lowest BCUT2D eigenvalue weighted by atomic mass is 10.1. The van der Waals surface area contributed by atoms with Gasteiger partial charge in [-0.15, -0.1) is 0 Å². The van der Waals surface area contributed by atoms with Crippen molar-refractivity contribution in [3.8, 4) is 17.2 Å². The lowest BCUT2D eigenvalue weighted by molar-refractivity contribution is -0.384. The van der Waals surface area contributed by atoms with Crippen molar-refractivity contribution in [3.63, 3.8) is 0 Å². The molecular weight excluding hydrogens is 340 g/mol. The topological polar surface area (TPSA) is 99.9 Å². The molecule has 2 aromatic rings. The average Bonchev–Trinajstić information content (AvgIpc) is 2.66. The van der Waals surface area contributed by atoms with Crippen molar-refractivity contribution >= 4 is 17.2 Å². The van der Waals surface area contributed by atoms with Crippen molar-refractivity contribution in [1.82, 2.24) is 0 Å². The predicted molar refractivity (Wildman–Crippen MR) is 96.3 cm³/mol. The molecule has 0 saturated carbocycles. The first-order valence-electron chi connectivity index (χ1n) is 7.52. The normalized spacial score (nSPS) is 10.4. The highest BCUT2D eigenvalue weighted by molar-refractivity contribution is 6.04. The highest BCUT2D eigenvalue weighted by Crippen LogP contribution is 2.39. The van der Waals surface area contributed by atoms with Gasteiger partial charge in [-0.05, 0) is 12.1 Å². The van der Waals surface area contributed by atoms with Crippen LogP contribution < -0.4 is 19.5 Å². The average molecular weight is 358 g/mol. The van der Waals surface area contributed by atoms with E-state index in [4.69, 9.17) is 14.2 Å². The molecule has 8 nitrogen and oxygen atoms in total. The predicted octanol–water partition coefficient (Wildman–Crippen LogP) is 3.43. The standard InChI is InChI=1S/C18H18N2O6/c1-24-16-10-13(11-17(25-2)18(16)26-3)19-9-8-15(21)12-4-6-14(7-5-12)20(22)23/h4-11,19H,1-3H3. The zero-order valence-electron chi connectivity index (χ0n) is 14.5. The summed E-state index contributed by atoms with van der Waals surface area (Å²) in [5.74, 6) is 1.13. The van der Waals surface area contributed by atoms with Crippen LogP contribution in [0.5, 0.6) is 17.2 Å². The first-order chi connectivity index (χ1) is 12.5. The Morgan fingerprint density at radius 3 is 2.08 bits per heavy atom. The molecule has 26 heavy (non-hydrogen) atoms. The Hall–Kier alpha value is -3.55. The fourth-order valence-corrected chi connectivity index (χ4v) is 2.22. The van der Waals surface area contributed by atoms with E-state index in [0.717, 1.165) is 0 Å². The van der Waals surface area contributed by atoms with E-state index < -0.39 is 4.92 Å². The van der Waals surface area contributed by atoms with Crippen LogP contribution in [0.4, 0.5) is 11.4 Å². The number of methoxy groups -OCH3 is 3. The second-order valence-electron chi connectivity index (χ2n) is 5.06. The van der Waals surface area contributed by atoms with Gasteiger partial charge in [0.1, 0.15) is 0 Å². The van der Waals surface area contributed by atoms with E-state index in [1.165, 1.54) is 57.9 Å². The fraction of sp³-hybridized carbons (Fsp3) is 0.167. The van der Waals surface area contributed by atoms with Crippen molar-refractivity contribution < 1.29 is 23.9 Å². The second-order valence-corrected chi connectivity index (χ2v) is 5.06. The van der Waals surface area contributed by atoms with Gasteiger partial charge >= 0.3 is 0 Å². The summed E-state index contributed by atoms with van der Waals surface area (Å²) in [4.78, 5) is 22.2. The number of non-ortho nitro benzene ring substituents is 1. The minimum Gasteiger partial charge on any atom is -0.493 e. The summed E-state index contributed by atoms with van der Waals surface area (Å²) in [7, 11) is 4.53. The number of carbonyl (C=O) groups is 1. The zero-order valence-corrected chi connectivity index (χ0v) is 14.5. The molecule has 2 aromatic carbocycles. The Bertz CT molecular complexity index is 805. The number of anilines is 1. The van der Waals surface area contributed by atoms with E-state index in [1.807, 2.05) is 0 Å². The van der Waals surface area contributed by atoms with Crippen LogP contribution >= 0.6 is 0 Å². The maximum atomic E-state index is 12.1. The number of nitrogens with one attached hydrogen (secondary N) is 1. The smallest absolute Gasteiger partial charge is 0.269 e. The number of ketones is 1. The molecule has 0 spiro atoms. The summed E-state index contributed by atoms with van der Waals surface area (Å²) in [6.45, 7) is 0. The van der Waals surface area contributed by atoms with E-state index in [1.54, 1.807) is 12.1 Å². The van der Waals surface area contributed by atoms with Gasteiger partial charge in [0, 0.05) is 47.8 Å². The highest BCUT2D eigenvalue weighted by atomic mass is 16.6. The van der Waals surface area contributed by atoms with Crippen molar-refractivity contribution in [2.75, 3.05) is 26.6 Å².